The summed E-state index contributed by atoms with van der Waals surface area (Å²) < 4.78 is 4.96. The van der Waals surface area contributed by atoms with Crippen LogP contribution in [0.25, 0.3) is 0 Å². The molecule has 0 aliphatic rings. The molecule has 0 radical (unpaired) electrons. The molecular formula is C23H27N3O3S. The molecule has 158 valence electrons. The van der Waals surface area contributed by atoms with Crippen molar-refractivity contribution in [3.05, 3.63) is 53.2 Å². The molecule has 7 heteroatoms. The van der Waals surface area contributed by atoms with Crippen molar-refractivity contribution in [1.29, 1.82) is 5.26 Å². The van der Waals surface area contributed by atoms with Gasteiger partial charge in [0.15, 0.2) is 0 Å². The number of rotatable bonds is 9. The molecule has 1 aromatic heterocycles. The van der Waals surface area contributed by atoms with E-state index < -0.39 is 11.2 Å². The van der Waals surface area contributed by atoms with E-state index in [2.05, 4.69) is 30.2 Å². The third kappa shape index (κ3) is 6.60. The summed E-state index contributed by atoms with van der Waals surface area (Å²) in [6.07, 6.45) is 1.40. The van der Waals surface area contributed by atoms with E-state index in [0.717, 1.165) is 12.1 Å². The van der Waals surface area contributed by atoms with Crippen LogP contribution in [-0.4, -0.2) is 28.7 Å². The number of hydrogen-bond donors (Lipinski definition) is 1. The number of carbonyl (C=O) groups is 2. The van der Waals surface area contributed by atoms with E-state index in [-0.39, 0.29) is 5.91 Å². The summed E-state index contributed by atoms with van der Waals surface area (Å²) in [4.78, 5) is 29.2. The van der Waals surface area contributed by atoms with E-state index in [4.69, 9.17) is 4.74 Å². The topological polar surface area (TPSA) is 92.1 Å². The van der Waals surface area contributed by atoms with Gasteiger partial charge in [-0.25, -0.2) is 9.78 Å². The minimum Gasteiger partial charge on any atom is -0.462 e. The third-order valence-corrected chi connectivity index (χ3v) is 5.60. The number of hydrogen-bond acceptors (Lipinski definition) is 6. The first-order valence-electron chi connectivity index (χ1n) is 10.0. The third-order valence-electron chi connectivity index (χ3n) is 4.24. The molecule has 1 amide bonds. The zero-order chi connectivity index (χ0) is 22.1. The Balaban J connectivity index is 2.11. The molecule has 1 aromatic carbocycles. The van der Waals surface area contributed by atoms with Gasteiger partial charge in [-0.2, -0.15) is 5.26 Å². The van der Waals surface area contributed by atoms with Crippen molar-refractivity contribution in [2.24, 2.45) is 5.92 Å². The van der Waals surface area contributed by atoms with E-state index in [1.54, 1.807) is 37.3 Å². The van der Waals surface area contributed by atoms with E-state index >= 15 is 0 Å². The number of nitrogens with one attached hydrogen (secondary N) is 1. The van der Waals surface area contributed by atoms with Gasteiger partial charge in [-0.15, -0.1) is 0 Å². The van der Waals surface area contributed by atoms with Crippen LogP contribution < -0.4 is 5.32 Å². The summed E-state index contributed by atoms with van der Waals surface area (Å²) >= 11 is 1.30. The normalized spacial score (nSPS) is 11.6. The van der Waals surface area contributed by atoms with E-state index in [0.29, 0.717) is 40.8 Å². The van der Waals surface area contributed by atoms with Gasteiger partial charge in [-0.05, 0) is 62.1 Å². The van der Waals surface area contributed by atoms with Crippen LogP contribution in [0.15, 0.2) is 41.4 Å². The summed E-state index contributed by atoms with van der Waals surface area (Å²) in [5.74, 6) is -0.119. The van der Waals surface area contributed by atoms with Crippen LogP contribution in [0.2, 0.25) is 0 Å². The number of thioether (sulfide) groups is 1. The van der Waals surface area contributed by atoms with Crippen LogP contribution in [0.5, 0.6) is 0 Å². The minimum atomic E-state index is -0.399. The highest BCUT2D eigenvalue weighted by atomic mass is 32.2. The largest absolute Gasteiger partial charge is 0.462 e. The lowest BCUT2D eigenvalue weighted by Gasteiger charge is -2.16. The lowest BCUT2D eigenvalue weighted by Crippen LogP contribution is -2.25. The van der Waals surface area contributed by atoms with Crippen LogP contribution in [0.4, 0.5) is 5.69 Å². The number of pyridine rings is 1. The molecule has 0 aliphatic carbocycles. The van der Waals surface area contributed by atoms with Gasteiger partial charge in [-0.3, -0.25) is 4.79 Å². The number of carbonyl (C=O) groups excluding carboxylic acids is 2. The fourth-order valence-electron chi connectivity index (χ4n) is 2.77. The Labute approximate surface area is 182 Å². The lowest BCUT2D eigenvalue weighted by molar-refractivity contribution is -0.115. The lowest BCUT2D eigenvalue weighted by atomic mass is 10.1. The summed E-state index contributed by atoms with van der Waals surface area (Å²) in [7, 11) is 0. The summed E-state index contributed by atoms with van der Waals surface area (Å²) in [6, 6.07) is 12.4. The molecule has 1 atom stereocenters. The quantitative estimate of drug-likeness (QED) is 0.457. The average molecular weight is 426 g/mol. The molecule has 0 spiro atoms. The molecule has 0 fully saturated rings. The number of aromatic nitrogens is 1. The maximum atomic E-state index is 12.8. The maximum Gasteiger partial charge on any atom is 0.338 e. The van der Waals surface area contributed by atoms with E-state index in [9.17, 15) is 14.9 Å². The van der Waals surface area contributed by atoms with Crippen LogP contribution in [0.1, 0.15) is 55.7 Å². The van der Waals surface area contributed by atoms with Gasteiger partial charge in [0.2, 0.25) is 5.91 Å². The summed E-state index contributed by atoms with van der Waals surface area (Å²) in [5, 5.41) is 12.5. The number of esters is 1. The van der Waals surface area contributed by atoms with Crippen LogP contribution in [0, 0.1) is 17.2 Å². The predicted molar refractivity (Wildman–Crippen MR) is 118 cm³/mol. The zero-order valence-electron chi connectivity index (χ0n) is 17.8. The summed E-state index contributed by atoms with van der Waals surface area (Å²) in [5.41, 5.74) is 2.41. The smallest absolute Gasteiger partial charge is 0.338 e. The second-order valence-corrected chi connectivity index (χ2v) is 8.36. The van der Waals surface area contributed by atoms with Gasteiger partial charge in [0.05, 0.1) is 23.0 Å². The Bertz CT molecular complexity index is 920. The highest BCUT2D eigenvalue weighted by molar-refractivity contribution is 8.00. The number of nitrogens with zero attached hydrogens (tertiary/aromatic N) is 2. The fourth-order valence-corrected chi connectivity index (χ4v) is 3.78. The Morgan fingerprint density at radius 2 is 1.87 bits per heavy atom. The Hall–Kier alpha value is -2.85. The fraction of sp³-hybridized carbons (Fsp3) is 0.391. The zero-order valence-corrected chi connectivity index (χ0v) is 18.6. The number of ether oxygens (including phenoxy) is 1. The van der Waals surface area contributed by atoms with Gasteiger partial charge >= 0.3 is 5.97 Å². The van der Waals surface area contributed by atoms with Crippen molar-refractivity contribution in [2.75, 3.05) is 11.9 Å². The predicted octanol–water partition coefficient (Wildman–Crippen LogP) is 4.84. The first kappa shape index (κ1) is 23.4. The molecule has 1 heterocycles. The second-order valence-electron chi connectivity index (χ2n) is 7.17. The Kier molecular flexibility index (Phi) is 8.88. The van der Waals surface area contributed by atoms with Crippen molar-refractivity contribution in [3.8, 4) is 6.07 Å². The van der Waals surface area contributed by atoms with E-state index in [1.165, 1.54) is 11.8 Å². The maximum absolute atomic E-state index is 12.8. The van der Waals surface area contributed by atoms with Crippen molar-refractivity contribution in [1.82, 2.24) is 4.98 Å². The molecule has 30 heavy (non-hydrogen) atoms. The van der Waals surface area contributed by atoms with Gasteiger partial charge in [0.1, 0.15) is 11.1 Å². The molecule has 0 aliphatic heterocycles. The first-order valence-corrected chi connectivity index (χ1v) is 10.9. The van der Waals surface area contributed by atoms with Crippen molar-refractivity contribution in [3.63, 3.8) is 0 Å². The molecule has 1 unspecified atom stereocenters. The number of anilines is 1. The Morgan fingerprint density at radius 1 is 1.17 bits per heavy atom. The minimum absolute atomic E-state index is 0.175. The SMILES string of the molecule is CCOC(=O)c1ccc(NC(=O)C(CC)Sc2nc(CC(C)C)ccc2C#N)cc1. The monoisotopic (exact) mass is 425 g/mol. The summed E-state index contributed by atoms with van der Waals surface area (Å²) in [6.45, 7) is 8.21. The van der Waals surface area contributed by atoms with Gasteiger partial charge in [0.25, 0.3) is 0 Å². The molecule has 0 bridgehead atoms. The highest BCUT2D eigenvalue weighted by Gasteiger charge is 2.21. The van der Waals surface area contributed by atoms with Gasteiger partial charge in [0, 0.05) is 11.4 Å². The van der Waals surface area contributed by atoms with Crippen LogP contribution in [0.3, 0.4) is 0 Å². The van der Waals surface area contributed by atoms with Crippen molar-refractivity contribution < 1.29 is 14.3 Å². The molecule has 2 aromatic rings. The Morgan fingerprint density at radius 3 is 2.43 bits per heavy atom. The average Bonchev–Trinajstić information content (AvgIpc) is 2.72. The van der Waals surface area contributed by atoms with Crippen molar-refractivity contribution >= 4 is 29.3 Å². The molecular weight excluding hydrogens is 398 g/mol. The van der Waals surface area contributed by atoms with Gasteiger partial charge in [-0.1, -0.05) is 32.5 Å². The number of benzene rings is 1. The standard InChI is InChI=1S/C23H27N3O3S/c1-5-20(30-22-17(14-24)9-12-19(26-22)13-15(3)4)21(27)25-18-10-7-16(8-11-18)23(28)29-6-2/h7-12,15,20H,5-6,13H2,1-4H3,(H,25,27). The van der Waals surface area contributed by atoms with Crippen LogP contribution >= 0.6 is 11.8 Å². The van der Waals surface area contributed by atoms with E-state index in [1.807, 2.05) is 13.0 Å². The number of nitriles is 1. The first-order chi connectivity index (χ1) is 14.4. The molecule has 0 saturated heterocycles. The highest BCUT2D eigenvalue weighted by Crippen LogP contribution is 2.28. The molecule has 6 nitrogen and oxygen atoms in total. The van der Waals surface area contributed by atoms with Crippen LogP contribution in [-0.2, 0) is 16.0 Å². The second kappa shape index (κ2) is 11.4. The molecule has 2 rings (SSSR count). The van der Waals surface area contributed by atoms with Gasteiger partial charge < -0.3 is 10.1 Å². The number of amides is 1. The van der Waals surface area contributed by atoms with Crippen molar-refractivity contribution in [2.45, 2.75) is 50.8 Å². The molecule has 0 saturated carbocycles. The molecule has 1 N–H and O–H groups in total.